The van der Waals surface area contributed by atoms with Crippen LogP contribution in [0.15, 0.2) is 43.0 Å². The van der Waals surface area contributed by atoms with Crippen molar-refractivity contribution in [3.8, 4) is 6.07 Å². The number of H-pyrrole nitrogens is 1. The Kier molecular flexibility index (Phi) is 3.40. The molecule has 4 aromatic heterocycles. The second kappa shape index (κ2) is 5.92. The van der Waals surface area contributed by atoms with E-state index in [1.807, 2.05) is 28.9 Å². The molecule has 8 heteroatoms. The molecule has 132 valence electrons. The number of imidazole rings is 1. The minimum atomic E-state index is -0.180. The first-order chi connectivity index (χ1) is 13.2. The molecule has 0 saturated heterocycles. The van der Waals surface area contributed by atoms with Gasteiger partial charge in [-0.1, -0.05) is 6.07 Å². The molecule has 4 aromatic rings. The van der Waals surface area contributed by atoms with Gasteiger partial charge in [0.1, 0.15) is 17.9 Å². The molecule has 1 N–H and O–H groups in total. The summed E-state index contributed by atoms with van der Waals surface area (Å²) in [4.78, 5) is 18.3. The Morgan fingerprint density at radius 1 is 1.30 bits per heavy atom. The Morgan fingerprint density at radius 2 is 2.22 bits per heavy atom. The van der Waals surface area contributed by atoms with Crippen LogP contribution in [0.25, 0.3) is 5.52 Å². The van der Waals surface area contributed by atoms with E-state index < -0.39 is 0 Å². The molecule has 1 atom stereocenters. The first-order valence-corrected chi connectivity index (χ1v) is 8.71. The molecule has 0 aliphatic carbocycles. The number of anilines is 1. The molecule has 1 aliphatic rings. The molecule has 8 nitrogen and oxygen atoms in total. The molecule has 0 aromatic carbocycles. The zero-order valence-corrected chi connectivity index (χ0v) is 14.7. The number of hydrogen-bond acceptors (Lipinski definition) is 6. The van der Waals surface area contributed by atoms with Crippen LogP contribution in [0.1, 0.15) is 34.5 Å². The molecular formula is C19H16N8. The lowest BCUT2D eigenvalue weighted by molar-refractivity contribution is 0.609. The highest BCUT2D eigenvalue weighted by Gasteiger charge is 2.34. The lowest BCUT2D eigenvalue weighted by Gasteiger charge is -2.34. The van der Waals surface area contributed by atoms with Crippen molar-refractivity contribution in [2.24, 2.45) is 0 Å². The van der Waals surface area contributed by atoms with Gasteiger partial charge in [-0.15, -0.1) is 0 Å². The molecule has 0 bridgehead atoms. The molecule has 0 radical (unpaired) electrons. The lowest BCUT2D eigenvalue weighted by atomic mass is 9.99. The van der Waals surface area contributed by atoms with Gasteiger partial charge in [0, 0.05) is 31.1 Å². The van der Waals surface area contributed by atoms with Crippen molar-refractivity contribution in [3.05, 3.63) is 71.5 Å². The van der Waals surface area contributed by atoms with Crippen molar-refractivity contribution in [2.45, 2.75) is 19.4 Å². The summed E-state index contributed by atoms with van der Waals surface area (Å²) in [7, 11) is 0. The average Bonchev–Trinajstić information content (AvgIpc) is 3.34. The van der Waals surface area contributed by atoms with Crippen molar-refractivity contribution in [3.63, 3.8) is 0 Å². The number of aromatic amines is 1. The number of rotatable bonds is 2. The Hall–Kier alpha value is -3.73. The topological polar surface area (TPSA) is 98.8 Å². The van der Waals surface area contributed by atoms with Crippen LogP contribution in [0.4, 0.5) is 5.82 Å². The van der Waals surface area contributed by atoms with Gasteiger partial charge >= 0.3 is 0 Å². The van der Waals surface area contributed by atoms with Crippen LogP contribution in [-0.4, -0.2) is 36.1 Å². The molecule has 1 aliphatic heterocycles. The summed E-state index contributed by atoms with van der Waals surface area (Å²) in [5, 5.41) is 14.0. The third-order valence-electron chi connectivity index (χ3n) is 4.97. The number of nitrogens with one attached hydrogen (secondary N) is 1. The Morgan fingerprint density at radius 3 is 3.07 bits per heavy atom. The van der Waals surface area contributed by atoms with Crippen molar-refractivity contribution in [2.75, 3.05) is 11.4 Å². The van der Waals surface area contributed by atoms with Gasteiger partial charge in [0.25, 0.3) is 0 Å². The largest absolute Gasteiger partial charge is 0.348 e. The molecule has 5 heterocycles. The average molecular weight is 356 g/mol. The zero-order chi connectivity index (χ0) is 18.4. The Labute approximate surface area is 155 Å². The van der Waals surface area contributed by atoms with Crippen molar-refractivity contribution >= 4 is 11.3 Å². The Bertz CT molecular complexity index is 1180. The van der Waals surface area contributed by atoms with Gasteiger partial charge in [-0.2, -0.15) is 10.4 Å². The fourth-order valence-electron chi connectivity index (χ4n) is 3.70. The standard InChI is InChI=1S/C19H16N8/c1-12-3-2-7-27-15(12)9-14(25-27)19-18-13(22-11-23-18)5-8-26(19)17-4-6-21-16(10-20)24-17/h2-4,6-7,9,11,19H,5,8H2,1H3,(H,22,23)/t19-/m0/s1. The maximum Gasteiger partial charge on any atom is 0.234 e. The first kappa shape index (κ1) is 15.5. The zero-order valence-electron chi connectivity index (χ0n) is 14.7. The maximum atomic E-state index is 9.17. The van der Waals surface area contributed by atoms with E-state index >= 15 is 0 Å². The minimum Gasteiger partial charge on any atom is -0.348 e. The van der Waals surface area contributed by atoms with Crippen LogP contribution >= 0.6 is 0 Å². The number of hydrogen-bond donors (Lipinski definition) is 1. The summed E-state index contributed by atoms with van der Waals surface area (Å²) < 4.78 is 1.89. The van der Waals surface area contributed by atoms with Crippen LogP contribution in [0.2, 0.25) is 0 Å². The van der Waals surface area contributed by atoms with Crippen LogP contribution in [0.5, 0.6) is 0 Å². The minimum absolute atomic E-state index is 0.157. The van der Waals surface area contributed by atoms with Gasteiger partial charge in [0.2, 0.25) is 5.82 Å². The number of pyridine rings is 1. The summed E-state index contributed by atoms with van der Waals surface area (Å²) in [6.07, 6.45) is 6.11. The monoisotopic (exact) mass is 356 g/mol. The molecule has 0 amide bonds. The molecule has 5 rings (SSSR count). The summed E-state index contributed by atoms with van der Waals surface area (Å²) in [5.74, 6) is 0.860. The van der Waals surface area contributed by atoms with E-state index in [1.54, 1.807) is 12.5 Å². The number of nitrogens with zero attached hydrogens (tertiary/aromatic N) is 7. The molecule has 0 saturated carbocycles. The molecule has 0 unspecified atom stereocenters. The van der Waals surface area contributed by atoms with Gasteiger partial charge in [-0.25, -0.2) is 19.5 Å². The van der Waals surface area contributed by atoms with Crippen molar-refractivity contribution < 1.29 is 0 Å². The quantitative estimate of drug-likeness (QED) is 0.591. The highest BCUT2D eigenvalue weighted by Crippen LogP contribution is 2.36. The number of aryl methyl sites for hydroxylation is 1. The Balaban J connectivity index is 1.69. The van der Waals surface area contributed by atoms with E-state index in [9.17, 15) is 0 Å². The van der Waals surface area contributed by atoms with Gasteiger partial charge < -0.3 is 9.88 Å². The van der Waals surface area contributed by atoms with Crippen molar-refractivity contribution in [1.29, 1.82) is 5.26 Å². The highest BCUT2D eigenvalue weighted by atomic mass is 15.3. The van der Waals surface area contributed by atoms with Crippen molar-refractivity contribution in [1.82, 2.24) is 29.5 Å². The van der Waals surface area contributed by atoms with Crippen LogP contribution in [0.3, 0.4) is 0 Å². The predicted molar refractivity (Wildman–Crippen MR) is 98.2 cm³/mol. The van der Waals surface area contributed by atoms with Crippen LogP contribution in [-0.2, 0) is 6.42 Å². The normalized spacial score (nSPS) is 16.3. The van der Waals surface area contributed by atoms with Gasteiger partial charge in [-0.3, -0.25) is 0 Å². The SMILES string of the molecule is Cc1cccn2nc([C@H]3c4nc[nH]c4CCN3c3ccnc(C#N)n3)cc12. The fraction of sp³-hybridized carbons (Fsp3) is 0.211. The summed E-state index contributed by atoms with van der Waals surface area (Å²) in [5.41, 5.74) is 5.18. The summed E-state index contributed by atoms with van der Waals surface area (Å²) in [6, 6.07) is 9.82. The van der Waals surface area contributed by atoms with E-state index in [1.165, 1.54) is 0 Å². The highest BCUT2D eigenvalue weighted by molar-refractivity contribution is 5.57. The second-order valence-corrected chi connectivity index (χ2v) is 6.55. The summed E-state index contributed by atoms with van der Waals surface area (Å²) >= 11 is 0. The maximum absolute atomic E-state index is 9.17. The van der Waals surface area contributed by atoms with Gasteiger partial charge in [0.05, 0.1) is 23.2 Å². The van der Waals surface area contributed by atoms with E-state index in [0.29, 0.717) is 5.82 Å². The number of nitriles is 1. The predicted octanol–water partition coefficient (Wildman–Crippen LogP) is 2.18. The third kappa shape index (κ3) is 2.44. The van der Waals surface area contributed by atoms with E-state index in [2.05, 4.69) is 43.9 Å². The first-order valence-electron chi connectivity index (χ1n) is 8.71. The van der Waals surface area contributed by atoms with Crippen LogP contribution in [0, 0.1) is 18.3 Å². The molecule has 0 fully saturated rings. The smallest absolute Gasteiger partial charge is 0.234 e. The van der Waals surface area contributed by atoms with E-state index in [4.69, 9.17) is 10.4 Å². The third-order valence-corrected chi connectivity index (χ3v) is 4.97. The number of aromatic nitrogens is 6. The van der Waals surface area contributed by atoms with E-state index in [0.717, 1.165) is 41.1 Å². The summed E-state index contributed by atoms with van der Waals surface area (Å²) in [6.45, 7) is 2.82. The molecular weight excluding hydrogens is 340 g/mol. The van der Waals surface area contributed by atoms with Crippen LogP contribution < -0.4 is 4.90 Å². The lowest BCUT2D eigenvalue weighted by Crippen LogP contribution is -2.37. The molecule has 0 spiro atoms. The second-order valence-electron chi connectivity index (χ2n) is 6.55. The van der Waals surface area contributed by atoms with Gasteiger partial charge in [0.15, 0.2) is 0 Å². The molecule has 27 heavy (non-hydrogen) atoms. The van der Waals surface area contributed by atoms with E-state index in [-0.39, 0.29) is 11.9 Å². The number of fused-ring (bicyclic) bond motifs is 2. The van der Waals surface area contributed by atoms with Gasteiger partial charge in [-0.05, 0) is 30.7 Å². The fourth-order valence-corrected chi connectivity index (χ4v) is 3.70.